The van der Waals surface area contributed by atoms with Gasteiger partial charge in [0.25, 0.3) is 0 Å². The van der Waals surface area contributed by atoms with Crippen molar-refractivity contribution in [3.8, 4) is 0 Å². The molecular formula is C12H14BrNO3. The highest BCUT2D eigenvalue weighted by Gasteiger charge is 2.16. The average Bonchev–Trinajstić information content (AvgIpc) is 2.23. The Morgan fingerprint density at radius 3 is 2.29 bits per heavy atom. The zero-order chi connectivity index (χ0) is 13.0. The Bertz CT molecular complexity index is 434. The molecule has 0 aliphatic rings. The lowest BCUT2D eigenvalue weighted by molar-refractivity contribution is -0.152. The molecule has 17 heavy (non-hydrogen) atoms. The van der Waals surface area contributed by atoms with Crippen LogP contribution >= 0.6 is 15.9 Å². The molecule has 1 amide bonds. The molecule has 0 aliphatic carbocycles. The third kappa shape index (κ3) is 3.56. The molecule has 0 aromatic heterocycles. The Balaban J connectivity index is 2.89. The topological polar surface area (TPSA) is 55.4 Å². The van der Waals surface area contributed by atoms with Crippen molar-refractivity contribution in [3.63, 3.8) is 0 Å². The van der Waals surface area contributed by atoms with E-state index in [0.29, 0.717) is 5.69 Å². The molecule has 0 atom stereocenters. The van der Waals surface area contributed by atoms with Crippen LogP contribution in [0.4, 0.5) is 5.69 Å². The van der Waals surface area contributed by atoms with Gasteiger partial charge in [-0.05, 0) is 44.0 Å². The number of amides is 1. The van der Waals surface area contributed by atoms with Gasteiger partial charge < -0.3 is 10.1 Å². The lowest BCUT2D eigenvalue weighted by Gasteiger charge is -2.11. The monoisotopic (exact) mass is 299 g/mol. The number of anilines is 1. The fourth-order valence-corrected chi connectivity index (χ4v) is 2.16. The van der Waals surface area contributed by atoms with Crippen LogP contribution in [0, 0.1) is 13.8 Å². The Kier molecular flexibility index (Phi) is 4.69. The summed E-state index contributed by atoms with van der Waals surface area (Å²) in [5.41, 5.74) is 2.41. The summed E-state index contributed by atoms with van der Waals surface area (Å²) in [4.78, 5) is 22.7. The molecular weight excluding hydrogens is 286 g/mol. The number of rotatable bonds is 2. The molecule has 0 unspecified atom stereocenters. The Morgan fingerprint density at radius 1 is 1.29 bits per heavy atom. The van der Waals surface area contributed by atoms with Gasteiger partial charge in [-0.2, -0.15) is 0 Å². The Labute approximate surface area is 108 Å². The molecule has 1 aromatic carbocycles. The van der Waals surface area contributed by atoms with E-state index in [1.807, 2.05) is 26.0 Å². The van der Waals surface area contributed by atoms with E-state index in [2.05, 4.69) is 26.0 Å². The zero-order valence-corrected chi connectivity index (χ0v) is 11.6. The molecule has 0 radical (unpaired) electrons. The molecule has 1 rings (SSSR count). The predicted molar refractivity (Wildman–Crippen MR) is 68.9 cm³/mol. The summed E-state index contributed by atoms with van der Waals surface area (Å²) in [7, 11) is 0. The maximum Gasteiger partial charge on any atom is 0.397 e. The highest BCUT2D eigenvalue weighted by molar-refractivity contribution is 9.10. The van der Waals surface area contributed by atoms with E-state index in [4.69, 9.17) is 0 Å². The number of nitrogens with one attached hydrogen (secondary N) is 1. The summed E-state index contributed by atoms with van der Waals surface area (Å²) >= 11 is 3.36. The molecule has 0 saturated carbocycles. The summed E-state index contributed by atoms with van der Waals surface area (Å²) in [6.07, 6.45) is 0. The van der Waals surface area contributed by atoms with Crippen LogP contribution in [-0.2, 0) is 14.3 Å². The SMILES string of the molecule is CCOC(=O)C(=O)Nc1c(C)cc(Br)cc1C. The van der Waals surface area contributed by atoms with E-state index in [9.17, 15) is 9.59 Å². The molecule has 0 heterocycles. The standard InChI is InChI=1S/C12H14BrNO3/c1-4-17-12(16)11(15)14-10-7(2)5-9(13)6-8(10)3/h5-6H,4H2,1-3H3,(H,14,15). The van der Waals surface area contributed by atoms with Crippen molar-refractivity contribution >= 4 is 33.5 Å². The quantitative estimate of drug-likeness (QED) is 0.674. The minimum Gasteiger partial charge on any atom is -0.459 e. The second-order valence-corrected chi connectivity index (χ2v) is 4.50. The first-order valence-electron chi connectivity index (χ1n) is 5.20. The van der Waals surface area contributed by atoms with Crippen LogP contribution in [-0.4, -0.2) is 18.5 Å². The molecule has 0 spiro atoms. The summed E-state index contributed by atoms with van der Waals surface area (Å²) in [6, 6.07) is 3.74. The smallest absolute Gasteiger partial charge is 0.397 e. The van der Waals surface area contributed by atoms with Gasteiger partial charge in [-0.15, -0.1) is 0 Å². The van der Waals surface area contributed by atoms with E-state index in [0.717, 1.165) is 15.6 Å². The molecule has 1 aromatic rings. The number of aryl methyl sites for hydroxylation is 2. The largest absolute Gasteiger partial charge is 0.459 e. The molecule has 0 fully saturated rings. The number of esters is 1. The molecule has 4 nitrogen and oxygen atoms in total. The van der Waals surface area contributed by atoms with Crippen LogP contribution in [0.15, 0.2) is 16.6 Å². The molecule has 5 heteroatoms. The first-order chi connectivity index (χ1) is 7.95. The Hall–Kier alpha value is -1.36. The predicted octanol–water partition coefficient (Wildman–Crippen LogP) is 2.57. The second kappa shape index (κ2) is 5.82. The van der Waals surface area contributed by atoms with Gasteiger partial charge in [0.15, 0.2) is 0 Å². The van der Waals surface area contributed by atoms with Crippen molar-refractivity contribution in [1.82, 2.24) is 0 Å². The highest BCUT2D eigenvalue weighted by atomic mass is 79.9. The van der Waals surface area contributed by atoms with Crippen LogP contribution in [0.1, 0.15) is 18.1 Å². The lowest BCUT2D eigenvalue weighted by atomic mass is 10.1. The van der Waals surface area contributed by atoms with Crippen molar-refractivity contribution < 1.29 is 14.3 Å². The fourth-order valence-electron chi connectivity index (χ4n) is 1.47. The van der Waals surface area contributed by atoms with Gasteiger partial charge in [-0.25, -0.2) is 4.79 Å². The van der Waals surface area contributed by atoms with Crippen LogP contribution in [0.3, 0.4) is 0 Å². The molecule has 0 saturated heterocycles. The van der Waals surface area contributed by atoms with Crippen molar-refractivity contribution in [2.45, 2.75) is 20.8 Å². The zero-order valence-electron chi connectivity index (χ0n) is 9.96. The highest BCUT2D eigenvalue weighted by Crippen LogP contribution is 2.24. The van der Waals surface area contributed by atoms with Crippen LogP contribution < -0.4 is 5.32 Å². The minimum atomic E-state index is -0.866. The van der Waals surface area contributed by atoms with Crippen LogP contribution in [0.25, 0.3) is 0 Å². The molecule has 0 bridgehead atoms. The van der Waals surface area contributed by atoms with E-state index in [-0.39, 0.29) is 6.61 Å². The van der Waals surface area contributed by atoms with E-state index < -0.39 is 11.9 Å². The molecule has 1 N–H and O–H groups in total. The summed E-state index contributed by atoms with van der Waals surface area (Å²) < 4.78 is 5.55. The average molecular weight is 300 g/mol. The summed E-state index contributed by atoms with van der Waals surface area (Å²) in [6.45, 7) is 5.56. The van der Waals surface area contributed by atoms with Gasteiger partial charge in [0, 0.05) is 10.2 Å². The van der Waals surface area contributed by atoms with E-state index in [1.54, 1.807) is 6.92 Å². The van der Waals surface area contributed by atoms with Gasteiger partial charge in [0.2, 0.25) is 0 Å². The molecule has 0 aliphatic heterocycles. The van der Waals surface area contributed by atoms with Crippen molar-refractivity contribution in [2.24, 2.45) is 0 Å². The first kappa shape index (κ1) is 13.7. The third-order valence-electron chi connectivity index (χ3n) is 2.20. The summed E-state index contributed by atoms with van der Waals surface area (Å²) in [5, 5.41) is 2.56. The number of carbonyl (C=O) groups excluding carboxylic acids is 2. The maximum atomic E-state index is 11.5. The van der Waals surface area contributed by atoms with E-state index in [1.165, 1.54) is 0 Å². The van der Waals surface area contributed by atoms with Crippen LogP contribution in [0.5, 0.6) is 0 Å². The Morgan fingerprint density at radius 2 is 1.82 bits per heavy atom. The number of halogens is 1. The van der Waals surface area contributed by atoms with E-state index >= 15 is 0 Å². The lowest BCUT2D eigenvalue weighted by Crippen LogP contribution is -2.25. The van der Waals surface area contributed by atoms with Crippen molar-refractivity contribution in [2.75, 3.05) is 11.9 Å². The maximum absolute atomic E-state index is 11.5. The number of carbonyl (C=O) groups is 2. The number of hydrogen-bond acceptors (Lipinski definition) is 3. The minimum absolute atomic E-state index is 0.185. The van der Waals surface area contributed by atoms with Gasteiger partial charge in [0.05, 0.1) is 6.61 Å². The second-order valence-electron chi connectivity index (χ2n) is 3.59. The number of benzene rings is 1. The number of hydrogen-bond donors (Lipinski definition) is 1. The molecule has 92 valence electrons. The van der Waals surface area contributed by atoms with Gasteiger partial charge in [0.1, 0.15) is 0 Å². The normalized spacial score (nSPS) is 9.88. The van der Waals surface area contributed by atoms with Gasteiger partial charge >= 0.3 is 11.9 Å². The number of ether oxygens (including phenoxy) is 1. The fraction of sp³-hybridized carbons (Fsp3) is 0.333. The van der Waals surface area contributed by atoms with Crippen LogP contribution in [0.2, 0.25) is 0 Å². The van der Waals surface area contributed by atoms with Crippen molar-refractivity contribution in [3.05, 3.63) is 27.7 Å². The first-order valence-corrected chi connectivity index (χ1v) is 5.99. The van der Waals surface area contributed by atoms with Gasteiger partial charge in [-0.1, -0.05) is 15.9 Å². The van der Waals surface area contributed by atoms with Gasteiger partial charge in [-0.3, -0.25) is 4.79 Å². The third-order valence-corrected chi connectivity index (χ3v) is 2.65. The van der Waals surface area contributed by atoms with Crippen molar-refractivity contribution in [1.29, 1.82) is 0 Å². The summed E-state index contributed by atoms with van der Waals surface area (Å²) in [5.74, 6) is -1.62.